The van der Waals surface area contributed by atoms with Gasteiger partial charge in [0, 0.05) is 17.7 Å². The quantitative estimate of drug-likeness (QED) is 0.464. The van der Waals surface area contributed by atoms with Gasteiger partial charge in [0.15, 0.2) is 0 Å². The van der Waals surface area contributed by atoms with Crippen molar-refractivity contribution in [1.29, 1.82) is 0 Å². The van der Waals surface area contributed by atoms with Crippen molar-refractivity contribution in [2.75, 3.05) is 6.61 Å². The number of non-ortho nitro benzene ring substituents is 1. The second-order valence-electron chi connectivity index (χ2n) is 6.17. The molecule has 0 atom stereocenters. The Kier molecular flexibility index (Phi) is 6.43. The highest BCUT2D eigenvalue weighted by Gasteiger charge is 2.08. The largest absolute Gasteiger partial charge is 0.493 e. The lowest BCUT2D eigenvalue weighted by Crippen LogP contribution is -2.19. The molecule has 0 aliphatic heterocycles. The fourth-order valence-electron chi connectivity index (χ4n) is 2.05. The summed E-state index contributed by atoms with van der Waals surface area (Å²) in [5, 5.41) is 14.7. The van der Waals surface area contributed by atoms with E-state index in [1.165, 1.54) is 12.1 Å². The molecule has 0 radical (unpaired) electrons. The van der Waals surface area contributed by atoms with Gasteiger partial charge in [-0.25, -0.2) is 5.43 Å². The van der Waals surface area contributed by atoms with Crippen LogP contribution in [0.3, 0.4) is 0 Å². The molecule has 0 unspecified atom stereocenters. The maximum Gasteiger partial charge on any atom is 0.271 e. The van der Waals surface area contributed by atoms with Gasteiger partial charge in [-0.3, -0.25) is 14.9 Å². The predicted octanol–water partition coefficient (Wildman–Crippen LogP) is 3.78. The van der Waals surface area contributed by atoms with Gasteiger partial charge in [0.05, 0.1) is 17.2 Å². The third-order valence-corrected chi connectivity index (χ3v) is 3.52. The number of carbonyl (C=O) groups is 1. The van der Waals surface area contributed by atoms with Crippen LogP contribution in [0.4, 0.5) is 5.69 Å². The third kappa shape index (κ3) is 5.41. The van der Waals surface area contributed by atoms with Crippen LogP contribution in [0.5, 0.6) is 5.75 Å². The minimum absolute atomic E-state index is 0.00496. The number of amides is 1. The lowest BCUT2D eigenvalue weighted by atomic mass is 10.1. The number of carbonyl (C=O) groups excluding carboxylic acids is 1. The van der Waals surface area contributed by atoms with Gasteiger partial charge >= 0.3 is 0 Å². The summed E-state index contributed by atoms with van der Waals surface area (Å²) >= 11 is 0. The van der Waals surface area contributed by atoms with Crippen molar-refractivity contribution in [3.05, 3.63) is 69.8 Å². The van der Waals surface area contributed by atoms with Crippen LogP contribution in [-0.2, 0) is 0 Å². The van der Waals surface area contributed by atoms with Gasteiger partial charge in [-0.1, -0.05) is 13.8 Å². The molecule has 0 aromatic heterocycles. The minimum Gasteiger partial charge on any atom is -0.493 e. The number of nitro benzene ring substituents is 1. The number of nitrogens with one attached hydrogen (secondary N) is 1. The lowest BCUT2D eigenvalue weighted by Gasteiger charge is -2.09. The zero-order chi connectivity index (χ0) is 19.1. The van der Waals surface area contributed by atoms with Crippen molar-refractivity contribution < 1.29 is 14.5 Å². The van der Waals surface area contributed by atoms with Gasteiger partial charge < -0.3 is 4.74 Å². The Balaban J connectivity index is 1.98. The molecule has 0 aliphatic rings. The molecular formula is C19H21N3O4. The van der Waals surface area contributed by atoms with Gasteiger partial charge in [0.2, 0.25) is 0 Å². The maximum absolute atomic E-state index is 12.2. The third-order valence-electron chi connectivity index (χ3n) is 3.52. The zero-order valence-electron chi connectivity index (χ0n) is 14.9. The molecule has 2 rings (SSSR count). The Morgan fingerprint density at radius 3 is 2.23 bits per heavy atom. The van der Waals surface area contributed by atoms with Crippen LogP contribution < -0.4 is 10.2 Å². The molecule has 0 saturated heterocycles. The van der Waals surface area contributed by atoms with Crippen molar-refractivity contribution in [2.45, 2.75) is 20.8 Å². The molecule has 2 aromatic rings. The number of ether oxygens (including phenoxy) is 1. The molecule has 7 heteroatoms. The second-order valence-corrected chi connectivity index (χ2v) is 6.17. The first-order valence-electron chi connectivity index (χ1n) is 8.19. The van der Waals surface area contributed by atoms with Crippen LogP contribution in [-0.4, -0.2) is 23.1 Å². The molecular weight excluding hydrogens is 334 g/mol. The van der Waals surface area contributed by atoms with Crippen molar-refractivity contribution >= 4 is 17.3 Å². The topological polar surface area (TPSA) is 93.8 Å². The monoisotopic (exact) mass is 355 g/mol. The van der Waals surface area contributed by atoms with Crippen LogP contribution in [0, 0.1) is 16.0 Å². The van der Waals surface area contributed by atoms with Crippen LogP contribution in [0.15, 0.2) is 53.6 Å². The molecule has 0 aliphatic carbocycles. The first-order valence-corrected chi connectivity index (χ1v) is 8.19. The van der Waals surface area contributed by atoms with Crippen LogP contribution >= 0.6 is 0 Å². The van der Waals surface area contributed by atoms with Gasteiger partial charge in [-0.2, -0.15) is 5.10 Å². The van der Waals surface area contributed by atoms with Gasteiger partial charge in [0.25, 0.3) is 11.6 Å². The van der Waals surface area contributed by atoms with Crippen LogP contribution in [0.2, 0.25) is 0 Å². The Morgan fingerprint density at radius 1 is 1.12 bits per heavy atom. The number of nitrogens with zero attached hydrogens (tertiary/aromatic N) is 2. The molecule has 0 bridgehead atoms. The molecule has 1 amide bonds. The molecule has 1 N–H and O–H groups in total. The van der Waals surface area contributed by atoms with Crippen LogP contribution in [0.25, 0.3) is 0 Å². The standard InChI is InChI=1S/C19H21N3O4/c1-13(2)12-26-18-10-6-16(7-11-18)19(23)21-20-14(3)15-4-8-17(9-5-15)22(24)25/h4-11,13H,12H2,1-3H3,(H,21,23)/b20-14-. The summed E-state index contributed by atoms with van der Waals surface area (Å²) in [6.07, 6.45) is 0. The Labute approximate surface area is 151 Å². The van der Waals surface area contributed by atoms with E-state index in [1.54, 1.807) is 43.3 Å². The summed E-state index contributed by atoms with van der Waals surface area (Å²) in [6.45, 7) is 6.45. The van der Waals surface area contributed by atoms with Crippen molar-refractivity contribution in [3.63, 3.8) is 0 Å². The van der Waals surface area contributed by atoms with E-state index < -0.39 is 4.92 Å². The fourth-order valence-corrected chi connectivity index (χ4v) is 2.05. The molecule has 2 aromatic carbocycles. The number of nitro groups is 1. The maximum atomic E-state index is 12.2. The van der Waals surface area contributed by atoms with Gasteiger partial charge in [-0.05, 0) is 54.8 Å². The zero-order valence-corrected chi connectivity index (χ0v) is 14.9. The average Bonchev–Trinajstić information content (AvgIpc) is 2.64. The summed E-state index contributed by atoms with van der Waals surface area (Å²) < 4.78 is 5.58. The minimum atomic E-state index is -0.466. The number of benzene rings is 2. The normalized spacial score (nSPS) is 11.3. The molecule has 0 fully saturated rings. The lowest BCUT2D eigenvalue weighted by molar-refractivity contribution is -0.384. The highest BCUT2D eigenvalue weighted by atomic mass is 16.6. The summed E-state index contributed by atoms with van der Waals surface area (Å²) in [4.78, 5) is 22.3. The summed E-state index contributed by atoms with van der Waals surface area (Å²) in [7, 11) is 0. The Hall–Kier alpha value is -3.22. The van der Waals surface area contributed by atoms with Crippen LogP contribution in [0.1, 0.15) is 36.7 Å². The van der Waals surface area contributed by atoms with E-state index in [1.807, 2.05) is 0 Å². The van der Waals surface area contributed by atoms with Crippen molar-refractivity contribution in [1.82, 2.24) is 5.43 Å². The second kappa shape index (κ2) is 8.75. The fraction of sp³-hybridized carbons (Fsp3) is 0.263. The van der Waals surface area contributed by atoms with Gasteiger partial charge in [-0.15, -0.1) is 0 Å². The molecule has 0 heterocycles. The van der Waals surface area contributed by atoms with E-state index in [9.17, 15) is 14.9 Å². The van der Waals surface area contributed by atoms with Crippen molar-refractivity contribution in [2.24, 2.45) is 11.0 Å². The van der Waals surface area contributed by atoms with E-state index in [2.05, 4.69) is 24.4 Å². The number of hydrogen-bond acceptors (Lipinski definition) is 5. The molecule has 7 nitrogen and oxygen atoms in total. The Bertz CT molecular complexity index is 797. The van der Waals surface area contributed by atoms with Crippen molar-refractivity contribution in [3.8, 4) is 5.75 Å². The van der Waals surface area contributed by atoms with Gasteiger partial charge in [0.1, 0.15) is 5.75 Å². The highest BCUT2D eigenvalue weighted by Crippen LogP contribution is 2.14. The van der Waals surface area contributed by atoms with E-state index in [-0.39, 0.29) is 11.6 Å². The van der Waals surface area contributed by atoms with E-state index in [0.29, 0.717) is 35.1 Å². The average molecular weight is 355 g/mol. The SMILES string of the molecule is C/C(=N/NC(=O)c1ccc(OCC(C)C)cc1)c1ccc([N+](=O)[O-])cc1. The summed E-state index contributed by atoms with van der Waals surface area (Å²) in [6, 6.07) is 12.8. The number of hydrogen-bond donors (Lipinski definition) is 1. The van der Waals surface area contributed by atoms with E-state index in [0.717, 1.165) is 0 Å². The predicted molar refractivity (Wildman–Crippen MR) is 99.5 cm³/mol. The first-order chi connectivity index (χ1) is 12.4. The van der Waals surface area contributed by atoms with E-state index >= 15 is 0 Å². The molecule has 26 heavy (non-hydrogen) atoms. The molecule has 136 valence electrons. The molecule has 0 saturated carbocycles. The number of hydrazone groups is 1. The summed E-state index contributed by atoms with van der Waals surface area (Å²) in [5.74, 6) is 0.789. The Morgan fingerprint density at radius 2 is 1.69 bits per heavy atom. The smallest absolute Gasteiger partial charge is 0.271 e. The van der Waals surface area contributed by atoms with E-state index in [4.69, 9.17) is 4.74 Å². The number of rotatable bonds is 7. The molecule has 0 spiro atoms. The summed E-state index contributed by atoms with van der Waals surface area (Å²) in [5.41, 5.74) is 4.18. The highest BCUT2D eigenvalue weighted by molar-refractivity contribution is 6.01. The first kappa shape index (κ1) is 19.1.